The number of carbonyl (C=O) groups excluding carboxylic acids is 2. The molecule has 1 aromatic heterocycles. The Kier molecular flexibility index (Phi) is 5.42. The molecule has 0 saturated heterocycles. The molecule has 35 heavy (non-hydrogen) atoms. The lowest BCUT2D eigenvalue weighted by molar-refractivity contribution is 0.0459. The smallest absolute Gasteiger partial charge is 0.273 e. The fraction of sp³-hybridized carbons (Fsp3) is 0.370. The van der Waals surface area contributed by atoms with E-state index in [1.54, 1.807) is 11.0 Å². The number of imidazole rings is 1. The van der Waals surface area contributed by atoms with E-state index in [1.165, 1.54) is 23.7 Å². The summed E-state index contributed by atoms with van der Waals surface area (Å²) >= 11 is 0. The molecule has 8 nitrogen and oxygen atoms in total. The van der Waals surface area contributed by atoms with Gasteiger partial charge in [-0.1, -0.05) is 30.3 Å². The fourth-order valence-electron chi connectivity index (χ4n) is 5.58. The van der Waals surface area contributed by atoms with Crippen LogP contribution in [0.1, 0.15) is 50.4 Å². The molecule has 6 rings (SSSR count). The number of anilines is 1. The van der Waals surface area contributed by atoms with Crippen LogP contribution >= 0.6 is 0 Å². The molecule has 3 N–H and O–H groups in total. The van der Waals surface area contributed by atoms with Crippen LogP contribution in [0.2, 0.25) is 0 Å². The molecule has 0 radical (unpaired) electrons. The molecule has 2 amide bonds. The van der Waals surface area contributed by atoms with E-state index >= 15 is 0 Å². The van der Waals surface area contributed by atoms with E-state index in [2.05, 4.69) is 44.5 Å². The molecule has 1 fully saturated rings. The number of β-amino-alcohol motifs (C(OH)–C–C–N with tert-alkyl or cyclic N) is 1. The number of aromatic nitrogens is 2. The molecule has 3 heterocycles. The van der Waals surface area contributed by atoms with E-state index in [9.17, 15) is 14.7 Å². The van der Waals surface area contributed by atoms with Gasteiger partial charge in [-0.25, -0.2) is 4.98 Å². The van der Waals surface area contributed by atoms with Gasteiger partial charge in [0.15, 0.2) is 0 Å². The molecular formula is C27H29N5O3. The summed E-state index contributed by atoms with van der Waals surface area (Å²) < 4.78 is 0. The van der Waals surface area contributed by atoms with Crippen molar-refractivity contribution in [1.29, 1.82) is 0 Å². The quantitative estimate of drug-likeness (QED) is 0.513. The molecule has 1 saturated carbocycles. The third-order valence-corrected chi connectivity index (χ3v) is 7.57. The predicted octanol–water partition coefficient (Wildman–Crippen LogP) is 2.57. The third-order valence-electron chi connectivity index (χ3n) is 7.57. The Morgan fingerprint density at radius 2 is 2.00 bits per heavy atom. The Labute approximate surface area is 204 Å². The maximum atomic E-state index is 13.5. The first kappa shape index (κ1) is 22.0. The highest BCUT2D eigenvalue weighted by Crippen LogP contribution is 2.52. The number of aliphatic hydroxyl groups excluding tert-OH is 1. The van der Waals surface area contributed by atoms with E-state index in [1.807, 2.05) is 12.1 Å². The number of carbonyl (C=O) groups is 2. The van der Waals surface area contributed by atoms with Crippen LogP contribution < -0.4 is 5.32 Å². The maximum absolute atomic E-state index is 13.5. The highest BCUT2D eigenvalue weighted by atomic mass is 16.3. The van der Waals surface area contributed by atoms with E-state index in [0.29, 0.717) is 36.6 Å². The third kappa shape index (κ3) is 4.24. The normalized spacial score (nSPS) is 19.2. The lowest BCUT2D eigenvalue weighted by atomic mass is 9.86. The SMILES string of the molecule is O=C(Nc1ccc2c(c1)C(=O)N(C[C@H](O)CN1CCc3ccccc3C1)CC21CC1)c1cnc[nH]1. The van der Waals surface area contributed by atoms with Crippen LogP contribution in [0.4, 0.5) is 5.69 Å². The Morgan fingerprint density at radius 3 is 2.77 bits per heavy atom. The molecule has 3 aliphatic rings. The standard InChI is InChI=1S/C27H29N5O3/c33-21(14-31-10-7-18-3-1-2-4-19(18)13-31)15-32-16-27(8-9-27)23-6-5-20(11-22(23)26(32)35)30-25(34)24-12-28-17-29-24/h1-6,11-12,17,21,33H,7-10,13-16H2,(H,28,29)(H,30,34)/t21-/m1/s1. The number of aliphatic hydroxyl groups is 1. The molecule has 1 aliphatic carbocycles. The monoisotopic (exact) mass is 471 g/mol. The Morgan fingerprint density at radius 1 is 1.17 bits per heavy atom. The van der Waals surface area contributed by atoms with Crippen molar-refractivity contribution in [3.8, 4) is 0 Å². The molecule has 1 spiro atoms. The van der Waals surface area contributed by atoms with E-state index in [0.717, 1.165) is 37.9 Å². The van der Waals surface area contributed by atoms with E-state index in [4.69, 9.17) is 0 Å². The largest absolute Gasteiger partial charge is 0.390 e. The van der Waals surface area contributed by atoms with Crippen molar-refractivity contribution in [2.24, 2.45) is 0 Å². The summed E-state index contributed by atoms with van der Waals surface area (Å²) in [6, 6.07) is 14.1. The second-order valence-corrected chi connectivity index (χ2v) is 10.1. The minimum absolute atomic E-state index is 0.0288. The van der Waals surface area contributed by atoms with Crippen LogP contribution in [0.3, 0.4) is 0 Å². The number of amides is 2. The molecule has 0 bridgehead atoms. The van der Waals surface area contributed by atoms with Gasteiger partial charge in [0.05, 0.1) is 18.6 Å². The van der Waals surface area contributed by atoms with E-state index < -0.39 is 6.10 Å². The average Bonchev–Trinajstić information content (AvgIpc) is 3.40. The zero-order valence-electron chi connectivity index (χ0n) is 19.5. The van der Waals surface area contributed by atoms with Gasteiger partial charge in [-0.15, -0.1) is 0 Å². The summed E-state index contributed by atoms with van der Waals surface area (Å²) in [7, 11) is 0. The van der Waals surface area contributed by atoms with Gasteiger partial charge >= 0.3 is 0 Å². The molecule has 1 atom stereocenters. The van der Waals surface area contributed by atoms with Crippen LogP contribution in [0.5, 0.6) is 0 Å². The Balaban J connectivity index is 1.15. The lowest BCUT2D eigenvalue weighted by Crippen LogP contribution is -2.49. The summed E-state index contributed by atoms with van der Waals surface area (Å²) in [6.45, 7) is 3.22. The van der Waals surface area contributed by atoms with Gasteiger partial charge < -0.3 is 20.3 Å². The Hall–Kier alpha value is -3.49. The lowest BCUT2D eigenvalue weighted by Gasteiger charge is -2.37. The highest BCUT2D eigenvalue weighted by Gasteiger charge is 2.51. The second kappa shape index (κ2) is 8.62. The van der Waals surface area contributed by atoms with Gasteiger partial charge in [-0.3, -0.25) is 14.5 Å². The van der Waals surface area contributed by atoms with Crippen molar-refractivity contribution in [1.82, 2.24) is 19.8 Å². The van der Waals surface area contributed by atoms with Gasteiger partial charge in [-0.05, 0) is 48.1 Å². The molecule has 8 heteroatoms. The molecular weight excluding hydrogens is 442 g/mol. The van der Waals surface area contributed by atoms with Gasteiger partial charge in [0.1, 0.15) is 5.69 Å². The minimum Gasteiger partial charge on any atom is -0.390 e. The molecule has 3 aromatic rings. The van der Waals surface area contributed by atoms with Gasteiger partial charge in [0.2, 0.25) is 0 Å². The van der Waals surface area contributed by atoms with Crippen LogP contribution in [0.15, 0.2) is 55.0 Å². The Bertz CT molecular complexity index is 1270. The fourth-order valence-corrected chi connectivity index (χ4v) is 5.58. The van der Waals surface area contributed by atoms with Gasteiger partial charge in [0.25, 0.3) is 11.8 Å². The second-order valence-electron chi connectivity index (χ2n) is 10.1. The first-order chi connectivity index (χ1) is 17.0. The zero-order chi connectivity index (χ0) is 24.0. The summed E-state index contributed by atoms with van der Waals surface area (Å²) in [5.41, 5.74) is 5.27. The molecule has 180 valence electrons. The van der Waals surface area contributed by atoms with Crippen molar-refractivity contribution in [3.63, 3.8) is 0 Å². The van der Waals surface area contributed by atoms with Crippen LogP contribution in [-0.2, 0) is 18.4 Å². The highest BCUT2D eigenvalue weighted by molar-refractivity contribution is 6.04. The van der Waals surface area contributed by atoms with Crippen LogP contribution in [0.25, 0.3) is 0 Å². The topological polar surface area (TPSA) is 102 Å². The predicted molar refractivity (Wildman–Crippen MR) is 131 cm³/mol. The van der Waals surface area contributed by atoms with Crippen molar-refractivity contribution < 1.29 is 14.7 Å². The number of rotatable bonds is 6. The first-order valence-corrected chi connectivity index (χ1v) is 12.2. The number of aromatic amines is 1. The first-order valence-electron chi connectivity index (χ1n) is 12.2. The summed E-state index contributed by atoms with van der Waals surface area (Å²) in [6.07, 6.45) is 5.33. The van der Waals surface area contributed by atoms with Crippen molar-refractivity contribution >= 4 is 17.5 Å². The number of fused-ring (bicyclic) bond motifs is 3. The number of benzene rings is 2. The van der Waals surface area contributed by atoms with Crippen LogP contribution in [-0.4, -0.2) is 69.0 Å². The van der Waals surface area contributed by atoms with Crippen molar-refractivity contribution in [2.45, 2.75) is 37.3 Å². The molecule has 2 aliphatic heterocycles. The van der Waals surface area contributed by atoms with Gasteiger partial charge in [0, 0.05) is 49.4 Å². The van der Waals surface area contributed by atoms with Crippen molar-refractivity contribution in [3.05, 3.63) is 82.9 Å². The number of hydrogen-bond acceptors (Lipinski definition) is 5. The zero-order valence-corrected chi connectivity index (χ0v) is 19.5. The van der Waals surface area contributed by atoms with Gasteiger partial charge in [-0.2, -0.15) is 0 Å². The minimum atomic E-state index is -0.621. The number of nitrogens with zero attached hydrogens (tertiary/aromatic N) is 3. The van der Waals surface area contributed by atoms with E-state index in [-0.39, 0.29) is 17.2 Å². The molecule has 0 unspecified atom stereocenters. The molecule has 2 aromatic carbocycles. The summed E-state index contributed by atoms with van der Waals surface area (Å²) in [4.78, 5) is 36.6. The maximum Gasteiger partial charge on any atom is 0.273 e. The van der Waals surface area contributed by atoms with Crippen molar-refractivity contribution in [2.75, 3.05) is 31.5 Å². The summed E-state index contributed by atoms with van der Waals surface area (Å²) in [5, 5.41) is 13.8. The van der Waals surface area contributed by atoms with Crippen LogP contribution in [0, 0.1) is 0 Å². The average molecular weight is 472 g/mol. The summed E-state index contributed by atoms with van der Waals surface area (Å²) in [5.74, 6) is -0.388. The number of hydrogen-bond donors (Lipinski definition) is 3. The number of H-pyrrole nitrogens is 1. The number of nitrogens with one attached hydrogen (secondary N) is 2.